The molecule has 0 aliphatic rings. The lowest BCUT2D eigenvalue weighted by atomic mass is 10.0. The molecule has 0 atom stereocenters. The summed E-state index contributed by atoms with van der Waals surface area (Å²) in [5.74, 6) is -0.00940. The van der Waals surface area contributed by atoms with Crippen LogP contribution in [0.15, 0.2) is 82.6 Å². The molecule has 2 aromatic rings. The molecule has 6 heteroatoms. The van der Waals surface area contributed by atoms with Crippen molar-refractivity contribution in [1.29, 1.82) is 0 Å². The highest BCUT2D eigenvalue weighted by Gasteiger charge is 2.14. The number of aryl methyl sites for hydroxylation is 1. The maximum absolute atomic E-state index is 10.7. The second-order valence-electron chi connectivity index (χ2n) is 5.64. The summed E-state index contributed by atoms with van der Waals surface area (Å²) >= 11 is 1.05. The van der Waals surface area contributed by atoms with E-state index in [9.17, 15) is 5.11 Å². The standard InChI is InChI=1S/C19H22N4OS.C2H4/c1-5-6-7-14(11(2)3)22-23-15-9-8-13-12(4)10-16(25-21)18(20)17(13)19(15)24;1-2/h5-10,24H,2,20-21H2,1,3-4H3;1-2H2/b6-5-,14-7+,23-22?;. The van der Waals surface area contributed by atoms with Crippen LogP contribution in [-0.4, -0.2) is 5.11 Å². The first kappa shape index (κ1) is 22.2. The fourth-order valence-corrected chi connectivity index (χ4v) is 2.86. The van der Waals surface area contributed by atoms with Gasteiger partial charge in [-0.1, -0.05) is 24.8 Å². The largest absolute Gasteiger partial charge is 0.505 e. The monoisotopic (exact) mass is 382 g/mol. The minimum absolute atomic E-state index is 0.00940. The van der Waals surface area contributed by atoms with Crippen molar-refractivity contribution in [2.75, 3.05) is 5.73 Å². The van der Waals surface area contributed by atoms with Crippen LogP contribution in [0.4, 0.5) is 11.4 Å². The molecule has 0 heterocycles. The normalized spacial score (nSPS) is 11.8. The number of nitrogen functional groups attached to an aromatic ring is 1. The number of nitrogens with two attached hydrogens (primary N) is 2. The van der Waals surface area contributed by atoms with E-state index in [-0.39, 0.29) is 5.75 Å². The van der Waals surface area contributed by atoms with Crippen LogP contribution in [0.3, 0.4) is 0 Å². The summed E-state index contributed by atoms with van der Waals surface area (Å²) in [5, 5.41) is 26.1. The second-order valence-corrected chi connectivity index (χ2v) is 6.31. The van der Waals surface area contributed by atoms with Gasteiger partial charge in [-0.05, 0) is 67.5 Å². The molecule has 0 unspecified atom stereocenters. The third-order valence-electron chi connectivity index (χ3n) is 3.74. The van der Waals surface area contributed by atoms with Gasteiger partial charge in [0.05, 0.1) is 16.8 Å². The van der Waals surface area contributed by atoms with Crippen molar-refractivity contribution in [2.24, 2.45) is 15.4 Å². The van der Waals surface area contributed by atoms with Crippen LogP contribution in [0.2, 0.25) is 0 Å². The highest BCUT2D eigenvalue weighted by molar-refractivity contribution is 7.97. The Labute approximate surface area is 165 Å². The number of allylic oxidation sites excluding steroid dienone is 4. The van der Waals surface area contributed by atoms with E-state index < -0.39 is 0 Å². The van der Waals surface area contributed by atoms with Crippen molar-refractivity contribution in [2.45, 2.75) is 25.7 Å². The van der Waals surface area contributed by atoms with Gasteiger partial charge in [0.2, 0.25) is 0 Å². The Hall–Kier alpha value is -2.83. The number of azo groups is 1. The topological polar surface area (TPSA) is 97.0 Å². The van der Waals surface area contributed by atoms with Gasteiger partial charge in [-0.3, -0.25) is 5.14 Å². The van der Waals surface area contributed by atoms with E-state index in [0.717, 1.165) is 28.5 Å². The van der Waals surface area contributed by atoms with Gasteiger partial charge in [0, 0.05) is 4.90 Å². The zero-order valence-corrected chi connectivity index (χ0v) is 16.8. The van der Waals surface area contributed by atoms with Crippen molar-refractivity contribution in [3.63, 3.8) is 0 Å². The summed E-state index contributed by atoms with van der Waals surface area (Å²) in [6, 6.07) is 5.49. The van der Waals surface area contributed by atoms with Gasteiger partial charge in [0.1, 0.15) is 5.69 Å². The fourth-order valence-electron chi connectivity index (χ4n) is 2.39. The van der Waals surface area contributed by atoms with Gasteiger partial charge < -0.3 is 10.8 Å². The van der Waals surface area contributed by atoms with Crippen molar-refractivity contribution >= 4 is 34.1 Å². The van der Waals surface area contributed by atoms with Crippen LogP contribution < -0.4 is 10.9 Å². The predicted octanol–water partition coefficient (Wildman–Crippen LogP) is 6.32. The van der Waals surface area contributed by atoms with Gasteiger partial charge >= 0.3 is 0 Å². The Morgan fingerprint density at radius 1 is 1.30 bits per heavy atom. The molecule has 27 heavy (non-hydrogen) atoms. The highest BCUT2D eigenvalue weighted by Crippen LogP contribution is 2.42. The van der Waals surface area contributed by atoms with E-state index in [2.05, 4.69) is 30.0 Å². The van der Waals surface area contributed by atoms with Crippen LogP contribution in [0.5, 0.6) is 5.75 Å². The van der Waals surface area contributed by atoms with Gasteiger partial charge in [0.25, 0.3) is 0 Å². The van der Waals surface area contributed by atoms with Gasteiger partial charge in [-0.15, -0.1) is 18.3 Å². The Morgan fingerprint density at radius 2 is 1.96 bits per heavy atom. The number of aromatic hydroxyl groups is 1. The zero-order chi connectivity index (χ0) is 20.6. The van der Waals surface area contributed by atoms with Crippen LogP contribution >= 0.6 is 11.9 Å². The first-order valence-corrected chi connectivity index (χ1v) is 9.10. The molecule has 5 N–H and O–H groups in total. The lowest BCUT2D eigenvalue weighted by Gasteiger charge is -2.12. The van der Waals surface area contributed by atoms with Crippen molar-refractivity contribution in [3.05, 3.63) is 73.0 Å². The highest BCUT2D eigenvalue weighted by atomic mass is 32.2. The Bertz CT molecular complexity index is 930. The molecule has 0 amide bonds. The van der Waals surface area contributed by atoms with E-state index in [4.69, 9.17) is 10.9 Å². The summed E-state index contributed by atoms with van der Waals surface area (Å²) < 4.78 is 0. The van der Waals surface area contributed by atoms with Gasteiger partial charge in [-0.2, -0.15) is 5.11 Å². The van der Waals surface area contributed by atoms with Crippen molar-refractivity contribution in [3.8, 4) is 5.75 Å². The molecule has 0 aliphatic heterocycles. The number of nitrogens with zero attached hydrogens (tertiary/aromatic N) is 2. The first-order valence-electron chi connectivity index (χ1n) is 8.22. The maximum Gasteiger partial charge on any atom is 0.153 e. The molecule has 2 rings (SSSR count). The number of hydrogen-bond donors (Lipinski definition) is 3. The molecular formula is C21H26N4OS. The van der Waals surface area contributed by atoms with E-state index in [1.807, 2.05) is 51.1 Å². The maximum atomic E-state index is 10.7. The Kier molecular flexibility index (Phi) is 8.51. The van der Waals surface area contributed by atoms with Crippen LogP contribution in [0.1, 0.15) is 19.4 Å². The molecule has 0 saturated heterocycles. The summed E-state index contributed by atoms with van der Waals surface area (Å²) in [6.45, 7) is 15.6. The second kappa shape index (κ2) is 10.4. The van der Waals surface area contributed by atoms with Gasteiger partial charge in [-0.25, -0.2) is 0 Å². The lowest BCUT2D eigenvalue weighted by Crippen LogP contribution is -1.95. The van der Waals surface area contributed by atoms with E-state index in [1.165, 1.54) is 0 Å². The SMILES string of the molecule is C=C.C=C(C)/C(=C\C=C/C)N=Nc1ccc2c(C)cc(SN)c(N)c2c1O. The number of hydrogen-bond acceptors (Lipinski definition) is 6. The fraction of sp³-hybridized carbons (Fsp3) is 0.143. The van der Waals surface area contributed by atoms with Crippen LogP contribution in [-0.2, 0) is 0 Å². The Morgan fingerprint density at radius 3 is 2.52 bits per heavy atom. The van der Waals surface area contributed by atoms with Crippen LogP contribution in [0.25, 0.3) is 10.8 Å². The number of rotatable bonds is 5. The molecule has 5 nitrogen and oxygen atoms in total. The molecule has 0 spiro atoms. The number of phenols is 1. The number of fused-ring (bicyclic) bond motifs is 1. The van der Waals surface area contributed by atoms with E-state index in [0.29, 0.717) is 27.4 Å². The number of benzene rings is 2. The summed E-state index contributed by atoms with van der Waals surface area (Å²) in [5.41, 5.74) is 9.33. The third-order valence-corrected chi connectivity index (χ3v) is 4.33. The average Bonchev–Trinajstić information content (AvgIpc) is 2.66. The Balaban J connectivity index is 0.00000176. The molecule has 142 valence electrons. The minimum Gasteiger partial charge on any atom is -0.505 e. The van der Waals surface area contributed by atoms with Crippen molar-refractivity contribution in [1.82, 2.24) is 0 Å². The molecule has 2 aromatic carbocycles. The summed E-state index contributed by atoms with van der Waals surface area (Å²) in [6.07, 6.45) is 5.56. The molecule has 0 aromatic heterocycles. The van der Waals surface area contributed by atoms with Crippen molar-refractivity contribution < 1.29 is 5.11 Å². The van der Waals surface area contributed by atoms with E-state index in [1.54, 1.807) is 6.07 Å². The first-order chi connectivity index (χ1) is 12.9. The molecular weight excluding hydrogens is 356 g/mol. The van der Waals surface area contributed by atoms with E-state index >= 15 is 0 Å². The third kappa shape index (κ3) is 5.09. The smallest absolute Gasteiger partial charge is 0.153 e. The summed E-state index contributed by atoms with van der Waals surface area (Å²) in [4.78, 5) is 0.713. The predicted molar refractivity (Wildman–Crippen MR) is 118 cm³/mol. The number of phenolic OH excluding ortho intramolecular Hbond substituents is 1. The number of anilines is 1. The lowest BCUT2D eigenvalue weighted by molar-refractivity contribution is 0.482. The molecule has 0 saturated carbocycles. The summed E-state index contributed by atoms with van der Waals surface area (Å²) in [7, 11) is 0. The molecule has 0 bridgehead atoms. The molecule has 0 aliphatic carbocycles. The average molecular weight is 383 g/mol. The van der Waals surface area contributed by atoms with Gasteiger partial charge in [0.15, 0.2) is 5.75 Å². The molecule has 0 radical (unpaired) electrons. The molecule has 0 fully saturated rings. The zero-order valence-electron chi connectivity index (χ0n) is 16.0. The van der Waals surface area contributed by atoms with Crippen LogP contribution in [0, 0.1) is 6.92 Å². The quantitative estimate of drug-likeness (QED) is 0.185. The minimum atomic E-state index is -0.00940.